The topological polar surface area (TPSA) is 77.0 Å². The Kier molecular flexibility index (Phi) is 6.61. The monoisotopic (exact) mass is 587 g/mol. The van der Waals surface area contributed by atoms with Gasteiger partial charge in [0.05, 0.1) is 27.7 Å². The van der Waals surface area contributed by atoms with Gasteiger partial charge in [-0.15, -0.1) is 21.5 Å². The summed E-state index contributed by atoms with van der Waals surface area (Å²) in [5, 5.41) is 13.1. The average molecular weight is 589 g/mol. The molecule has 7 nitrogen and oxygen atoms in total. The summed E-state index contributed by atoms with van der Waals surface area (Å²) < 4.78 is 7.48. The van der Waals surface area contributed by atoms with E-state index in [1.807, 2.05) is 22.1 Å². The number of hydrogen-bond donors (Lipinski definition) is 0. The first-order valence-electron chi connectivity index (χ1n) is 12.4. The van der Waals surface area contributed by atoms with Gasteiger partial charge in [-0.25, -0.2) is 4.98 Å². The lowest BCUT2D eigenvalue weighted by molar-refractivity contribution is 0.0703. The normalized spacial score (nSPS) is 22.2. The Labute approximate surface area is 239 Å². The maximum Gasteiger partial charge on any atom is 0.273 e. The number of benzene rings is 1. The van der Waals surface area contributed by atoms with Crippen molar-refractivity contribution in [2.45, 2.75) is 57.0 Å². The first-order valence-corrected chi connectivity index (χ1v) is 15.1. The van der Waals surface area contributed by atoms with E-state index in [2.05, 4.69) is 35.9 Å². The molecule has 11 heteroatoms. The van der Waals surface area contributed by atoms with Gasteiger partial charge in [0.1, 0.15) is 10.7 Å². The highest BCUT2D eigenvalue weighted by Gasteiger charge is 2.51. The number of aromatic nitrogens is 4. The second kappa shape index (κ2) is 9.70. The quantitative estimate of drug-likeness (QED) is 0.216. The van der Waals surface area contributed by atoms with Gasteiger partial charge in [0.15, 0.2) is 10.9 Å². The minimum absolute atomic E-state index is 0.0444. The summed E-state index contributed by atoms with van der Waals surface area (Å²) in [6.45, 7) is 7.76. The second-order valence-corrected chi connectivity index (χ2v) is 14.0. The van der Waals surface area contributed by atoms with Crippen LogP contribution in [0.1, 0.15) is 55.5 Å². The third kappa shape index (κ3) is 4.90. The summed E-state index contributed by atoms with van der Waals surface area (Å²) in [5.74, 6) is 1.74. The van der Waals surface area contributed by atoms with Crippen LogP contribution >= 0.6 is 46.3 Å². The fourth-order valence-electron chi connectivity index (χ4n) is 6.23. The van der Waals surface area contributed by atoms with Gasteiger partial charge in [-0.05, 0) is 60.4 Å². The second-order valence-electron chi connectivity index (χ2n) is 11.3. The molecule has 198 valence electrons. The van der Waals surface area contributed by atoms with Crippen LogP contribution in [0.15, 0.2) is 51.5 Å². The molecule has 2 unspecified atom stereocenters. The van der Waals surface area contributed by atoms with Crippen molar-refractivity contribution in [1.29, 1.82) is 0 Å². The standard InChI is InChI=1S/C27H27Cl2N5O2S2/c1-26(2)10-17-11-27(3,14-26)15-33(17)24(35)20-12-37-22(30-20)13-38-25-32-31-23(21-5-4-8-36-21)34(25)16-6-7-18(28)19(29)9-16/h4-9,12,17H,10-11,13-15H2,1-3H3. The van der Waals surface area contributed by atoms with Crippen LogP contribution < -0.4 is 0 Å². The van der Waals surface area contributed by atoms with E-state index >= 15 is 0 Å². The van der Waals surface area contributed by atoms with Crippen LogP contribution in [0.5, 0.6) is 0 Å². The van der Waals surface area contributed by atoms with E-state index in [1.54, 1.807) is 24.5 Å². The number of carbonyl (C=O) groups excluding carboxylic acids is 1. The van der Waals surface area contributed by atoms with Crippen molar-refractivity contribution in [3.05, 3.63) is 62.7 Å². The molecule has 1 saturated heterocycles. The minimum atomic E-state index is 0.0444. The number of fused-ring (bicyclic) bond motifs is 2. The highest BCUT2D eigenvalue weighted by molar-refractivity contribution is 7.98. The lowest BCUT2D eigenvalue weighted by Gasteiger charge is -2.39. The molecule has 6 rings (SSSR count). The molecule has 3 aromatic heterocycles. The van der Waals surface area contributed by atoms with Gasteiger partial charge < -0.3 is 9.32 Å². The van der Waals surface area contributed by atoms with E-state index < -0.39 is 0 Å². The molecule has 2 aliphatic rings. The van der Waals surface area contributed by atoms with E-state index in [0.29, 0.717) is 44.3 Å². The van der Waals surface area contributed by atoms with Crippen LogP contribution in [0.3, 0.4) is 0 Å². The number of furan rings is 1. The number of likely N-dealkylation sites (tertiary alicyclic amines) is 1. The van der Waals surface area contributed by atoms with E-state index in [9.17, 15) is 4.79 Å². The maximum atomic E-state index is 13.5. The van der Waals surface area contributed by atoms with Gasteiger partial charge >= 0.3 is 0 Å². The summed E-state index contributed by atoms with van der Waals surface area (Å²) in [7, 11) is 0. The smallest absolute Gasteiger partial charge is 0.273 e. The number of rotatable bonds is 6. The minimum Gasteiger partial charge on any atom is -0.461 e. The summed E-state index contributed by atoms with van der Waals surface area (Å²) in [6, 6.07) is 9.31. The molecule has 0 N–H and O–H groups in total. The van der Waals surface area contributed by atoms with Crippen molar-refractivity contribution in [1.82, 2.24) is 24.6 Å². The number of thioether (sulfide) groups is 1. The summed E-state index contributed by atoms with van der Waals surface area (Å²) in [6.07, 6.45) is 4.87. The Balaban J connectivity index is 1.22. The first kappa shape index (κ1) is 25.9. The van der Waals surface area contributed by atoms with Gasteiger partial charge in [0, 0.05) is 18.0 Å². The number of nitrogens with zero attached hydrogens (tertiary/aromatic N) is 5. The van der Waals surface area contributed by atoms with E-state index in [1.165, 1.54) is 23.1 Å². The number of amides is 1. The van der Waals surface area contributed by atoms with Crippen LogP contribution in [-0.4, -0.2) is 43.1 Å². The van der Waals surface area contributed by atoms with Gasteiger partial charge in [-0.3, -0.25) is 9.36 Å². The average Bonchev–Trinajstić information content (AvgIpc) is 3.64. The molecule has 1 amide bonds. The molecule has 4 aromatic rings. The van der Waals surface area contributed by atoms with E-state index in [-0.39, 0.29) is 16.7 Å². The van der Waals surface area contributed by atoms with Crippen LogP contribution in [0.25, 0.3) is 17.3 Å². The molecule has 2 bridgehead atoms. The molecule has 1 saturated carbocycles. The summed E-state index contributed by atoms with van der Waals surface area (Å²) in [4.78, 5) is 20.3. The number of hydrogen-bond acceptors (Lipinski definition) is 7. The zero-order chi connectivity index (χ0) is 26.7. The molecule has 0 radical (unpaired) electrons. The molecule has 0 spiro atoms. The lowest BCUT2D eigenvalue weighted by Crippen LogP contribution is -2.37. The molecule has 1 aliphatic heterocycles. The van der Waals surface area contributed by atoms with E-state index in [0.717, 1.165) is 36.5 Å². The molecular formula is C27H27Cl2N5O2S2. The van der Waals surface area contributed by atoms with Gasteiger partial charge in [0.2, 0.25) is 5.82 Å². The first-order chi connectivity index (χ1) is 18.1. The lowest BCUT2D eigenvalue weighted by atomic mass is 9.65. The van der Waals surface area contributed by atoms with Crippen LogP contribution in [0.2, 0.25) is 10.0 Å². The zero-order valence-corrected chi connectivity index (χ0v) is 24.4. The maximum absolute atomic E-state index is 13.5. The van der Waals surface area contributed by atoms with Crippen molar-refractivity contribution < 1.29 is 9.21 Å². The van der Waals surface area contributed by atoms with Crippen molar-refractivity contribution in [2.24, 2.45) is 10.8 Å². The van der Waals surface area contributed by atoms with Gasteiger partial charge in [0.25, 0.3) is 5.91 Å². The summed E-state index contributed by atoms with van der Waals surface area (Å²) in [5.41, 5.74) is 1.75. The number of thiazole rings is 1. The van der Waals surface area contributed by atoms with Crippen molar-refractivity contribution >= 4 is 52.2 Å². The predicted octanol–water partition coefficient (Wildman–Crippen LogP) is 7.62. The number of carbonyl (C=O) groups is 1. The Bertz CT molecular complexity index is 1500. The Morgan fingerprint density at radius 1 is 1.18 bits per heavy atom. The van der Waals surface area contributed by atoms with Crippen LogP contribution in [-0.2, 0) is 5.75 Å². The van der Waals surface area contributed by atoms with E-state index in [4.69, 9.17) is 32.6 Å². The Hall–Kier alpha value is -2.33. The Morgan fingerprint density at radius 3 is 2.79 bits per heavy atom. The van der Waals surface area contributed by atoms with Crippen molar-refractivity contribution in [2.75, 3.05) is 6.54 Å². The molecule has 1 aliphatic carbocycles. The van der Waals surface area contributed by atoms with Crippen LogP contribution in [0.4, 0.5) is 0 Å². The molecule has 2 atom stereocenters. The SMILES string of the molecule is CC1(C)CC2CC(C)(CN2C(=O)c2csc(CSc3nnc(-c4ccco4)n3-c3ccc(Cl)c(Cl)c3)n2)C1. The highest BCUT2D eigenvalue weighted by Crippen LogP contribution is 2.52. The largest absolute Gasteiger partial charge is 0.461 e. The fraction of sp³-hybridized carbons (Fsp3) is 0.407. The molecule has 2 fully saturated rings. The fourth-order valence-corrected chi connectivity index (χ4v) is 8.26. The molecular weight excluding hydrogens is 561 g/mol. The zero-order valence-electron chi connectivity index (χ0n) is 21.3. The van der Waals surface area contributed by atoms with Crippen LogP contribution in [0, 0.1) is 10.8 Å². The predicted molar refractivity (Wildman–Crippen MR) is 151 cm³/mol. The summed E-state index contributed by atoms with van der Waals surface area (Å²) >= 11 is 15.5. The number of halogens is 2. The molecule has 4 heterocycles. The van der Waals surface area contributed by atoms with Gasteiger partial charge in [-0.2, -0.15) is 0 Å². The molecule has 38 heavy (non-hydrogen) atoms. The highest BCUT2D eigenvalue weighted by atomic mass is 35.5. The molecule has 1 aromatic carbocycles. The van der Waals surface area contributed by atoms with Gasteiger partial charge in [-0.1, -0.05) is 55.7 Å². The third-order valence-corrected chi connectivity index (χ3v) is 10.0. The third-order valence-electron chi connectivity index (χ3n) is 7.31. The van der Waals surface area contributed by atoms with Crippen molar-refractivity contribution in [3.63, 3.8) is 0 Å². The van der Waals surface area contributed by atoms with Crippen molar-refractivity contribution in [3.8, 4) is 17.3 Å². The Morgan fingerprint density at radius 2 is 2.03 bits per heavy atom.